The number of aliphatic hydroxyl groups is 8. The minimum atomic E-state index is -2.22. The summed E-state index contributed by atoms with van der Waals surface area (Å²) in [5.74, 6) is -2.22. The summed E-state index contributed by atoms with van der Waals surface area (Å²) < 4.78 is 15.4. The largest absolute Gasteiger partial charge is 0.394 e. The van der Waals surface area contributed by atoms with Crippen LogP contribution in [0.5, 0.6) is 0 Å². The van der Waals surface area contributed by atoms with Gasteiger partial charge in [-0.25, -0.2) is 0 Å². The monoisotopic (exact) mass is 342 g/mol. The molecular weight excluding hydrogens is 320 g/mol. The van der Waals surface area contributed by atoms with Gasteiger partial charge in [-0.05, 0) is 0 Å². The van der Waals surface area contributed by atoms with Gasteiger partial charge in [0.25, 0.3) is 0 Å². The van der Waals surface area contributed by atoms with Gasteiger partial charge in [0, 0.05) is 0 Å². The van der Waals surface area contributed by atoms with E-state index < -0.39 is 74.6 Å². The molecule has 0 amide bonds. The molecule has 11 heteroatoms. The van der Waals surface area contributed by atoms with Gasteiger partial charge in [-0.3, -0.25) is 0 Å². The van der Waals surface area contributed by atoms with Crippen molar-refractivity contribution < 1.29 is 55.1 Å². The third-order valence-electron chi connectivity index (χ3n) is 4.07. The normalized spacial score (nSPS) is 51.1. The van der Waals surface area contributed by atoms with Crippen molar-refractivity contribution in [3.63, 3.8) is 0 Å². The number of ether oxygens (including phenoxy) is 3. The number of aliphatic hydroxyl groups excluding tert-OH is 8. The van der Waals surface area contributed by atoms with Crippen molar-refractivity contribution in [2.75, 3.05) is 19.8 Å². The lowest BCUT2D eigenvalue weighted by Gasteiger charge is -2.43. The summed E-state index contributed by atoms with van der Waals surface area (Å²) in [5, 5.41) is 76.7. The SMILES string of the molecule is OC[C@@H]1O[C@@](CO)(O[C@H]2O[C@H](CO)[C@@H](O)[C@@H](O)[C@@H]2O)[C@@H](O)[C@@H]1O. The van der Waals surface area contributed by atoms with Crippen molar-refractivity contribution in [3.8, 4) is 0 Å². The second-order valence-electron chi connectivity index (χ2n) is 5.56. The minimum absolute atomic E-state index is 0.669. The van der Waals surface area contributed by atoms with Gasteiger partial charge in [-0.2, -0.15) is 0 Å². The molecule has 2 aliphatic rings. The van der Waals surface area contributed by atoms with Gasteiger partial charge in [-0.1, -0.05) is 0 Å². The van der Waals surface area contributed by atoms with E-state index in [-0.39, 0.29) is 0 Å². The molecule has 0 unspecified atom stereocenters. The van der Waals surface area contributed by atoms with Gasteiger partial charge in [0.05, 0.1) is 13.2 Å². The van der Waals surface area contributed by atoms with Crippen LogP contribution in [0.1, 0.15) is 0 Å². The molecule has 0 bridgehead atoms. The van der Waals surface area contributed by atoms with Crippen LogP contribution in [-0.4, -0.2) is 115 Å². The van der Waals surface area contributed by atoms with E-state index in [9.17, 15) is 30.6 Å². The van der Waals surface area contributed by atoms with Crippen molar-refractivity contribution in [3.05, 3.63) is 0 Å². The van der Waals surface area contributed by atoms with E-state index in [1.54, 1.807) is 0 Å². The summed E-state index contributed by atoms with van der Waals surface area (Å²) in [7, 11) is 0. The molecule has 0 aliphatic carbocycles. The number of hydrogen-bond donors (Lipinski definition) is 8. The van der Waals surface area contributed by atoms with Gasteiger partial charge in [-0.15, -0.1) is 0 Å². The molecule has 0 aromatic carbocycles. The maximum Gasteiger partial charge on any atom is 0.224 e. The third kappa shape index (κ3) is 3.23. The van der Waals surface area contributed by atoms with E-state index >= 15 is 0 Å². The van der Waals surface area contributed by atoms with Crippen molar-refractivity contribution >= 4 is 0 Å². The molecule has 0 radical (unpaired) electrons. The predicted octanol–water partition coefficient (Wildman–Crippen LogP) is -5.40. The van der Waals surface area contributed by atoms with E-state index in [4.69, 9.17) is 24.4 Å². The average molecular weight is 342 g/mol. The Morgan fingerprint density at radius 3 is 1.87 bits per heavy atom. The lowest BCUT2D eigenvalue weighted by Crippen LogP contribution is -2.62. The summed E-state index contributed by atoms with van der Waals surface area (Å²) in [6, 6.07) is 0. The minimum Gasteiger partial charge on any atom is -0.394 e. The first-order valence-corrected chi connectivity index (χ1v) is 7.05. The van der Waals surface area contributed by atoms with Crippen LogP contribution >= 0.6 is 0 Å². The molecule has 23 heavy (non-hydrogen) atoms. The second-order valence-corrected chi connectivity index (χ2v) is 5.56. The topological polar surface area (TPSA) is 190 Å². The number of hydrogen-bond acceptors (Lipinski definition) is 11. The molecule has 2 rings (SSSR count). The standard InChI is InChI=1S/C12H22O11/c13-1-4-6(16)8(18)9(19)11(21-4)23-12(3-15)10(20)7(17)5(2-14)22-12/h4-11,13-20H,1-3H2/t4-,5+,6-,7-,8-,9+,10+,11-,12+/m1/s1. The van der Waals surface area contributed by atoms with Crippen LogP contribution in [0, 0.1) is 0 Å². The zero-order chi connectivity index (χ0) is 17.4. The quantitative estimate of drug-likeness (QED) is 0.238. The summed E-state index contributed by atoms with van der Waals surface area (Å²) in [4.78, 5) is 0. The maximum absolute atomic E-state index is 10.00. The Morgan fingerprint density at radius 1 is 0.783 bits per heavy atom. The van der Waals surface area contributed by atoms with Gasteiger partial charge in [0.1, 0.15) is 49.3 Å². The van der Waals surface area contributed by atoms with Crippen LogP contribution in [0.3, 0.4) is 0 Å². The molecule has 0 saturated carbocycles. The van der Waals surface area contributed by atoms with E-state index in [0.29, 0.717) is 0 Å². The van der Waals surface area contributed by atoms with Crippen LogP contribution in [0.2, 0.25) is 0 Å². The van der Waals surface area contributed by atoms with Crippen LogP contribution in [0.25, 0.3) is 0 Å². The Labute approximate surface area is 130 Å². The lowest BCUT2D eigenvalue weighted by atomic mass is 9.99. The van der Waals surface area contributed by atoms with Crippen molar-refractivity contribution in [2.24, 2.45) is 0 Å². The van der Waals surface area contributed by atoms with Gasteiger partial charge >= 0.3 is 0 Å². The summed E-state index contributed by atoms with van der Waals surface area (Å²) in [5.41, 5.74) is 0. The van der Waals surface area contributed by atoms with Gasteiger partial charge in [0.15, 0.2) is 6.29 Å². The van der Waals surface area contributed by atoms with Gasteiger partial charge in [0.2, 0.25) is 5.79 Å². The molecule has 2 heterocycles. The fraction of sp³-hybridized carbons (Fsp3) is 1.00. The highest BCUT2D eigenvalue weighted by atomic mass is 16.8. The predicted molar refractivity (Wildman–Crippen MR) is 68.6 cm³/mol. The molecule has 8 N–H and O–H groups in total. The first kappa shape index (κ1) is 18.9. The van der Waals surface area contributed by atoms with Crippen LogP contribution in [-0.2, 0) is 14.2 Å². The Hall–Kier alpha value is -0.440. The molecule has 0 aromatic heterocycles. The Bertz CT molecular complexity index is 393. The first-order valence-electron chi connectivity index (χ1n) is 7.05. The zero-order valence-corrected chi connectivity index (χ0v) is 12.0. The van der Waals surface area contributed by atoms with E-state index in [1.165, 1.54) is 0 Å². The van der Waals surface area contributed by atoms with Crippen LogP contribution in [0.4, 0.5) is 0 Å². The van der Waals surface area contributed by atoms with E-state index in [2.05, 4.69) is 0 Å². The smallest absolute Gasteiger partial charge is 0.224 e. The van der Waals surface area contributed by atoms with Crippen molar-refractivity contribution in [2.45, 2.75) is 54.8 Å². The Balaban J connectivity index is 2.18. The molecule has 11 nitrogen and oxygen atoms in total. The first-order chi connectivity index (χ1) is 10.8. The molecule has 136 valence electrons. The Kier molecular flexibility index (Phi) is 5.92. The van der Waals surface area contributed by atoms with Gasteiger partial charge < -0.3 is 55.1 Å². The molecule has 2 fully saturated rings. The summed E-state index contributed by atoms with van der Waals surface area (Å²) >= 11 is 0. The zero-order valence-electron chi connectivity index (χ0n) is 12.0. The molecule has 9 atom stereocenters. The van der Waals surface area contributed by atoms with Crippen LogP contribution in [0.15, 0.2) is 0 Å². The highest BCUT2D eigenvalue weighted by molar-refractivity contribution is 4.98. The highest BCUT2D eigenvalue weighted by Crippen LogP contribution is 2.35. The van der Waals surface area contributed by atoms with Crippen molar-refractivity contribution in [1.82, 2.24) is 0 Å². The molecule has 0 aromatic rings. The van der Waals surface area contributed by atoms with E-state index in [1.807, 2.05) is 0 Å². The molecule has 0 spiro atoms. The number of rotatable bonds is 5. The molecular formula is C12H22O11. The molecule has 2 saturated heterocycles. The third-order valence-corrected chi connectivity index (χ3v) is 4.07. The maximum atomic E-state index is 10.00. The fourth-order valence-corrected chi connectivity index (χ4v) is 2.63. The van der Waals surface area contributed by atoms with Crippen LogP contribution < -0.4 is 0 Å². The lowest BCUT2D eigenvalue weighted by molar-refractivity contribution is -0.383. The Morgan fingerprint density at radius 2 is 1.39 bits per heavy atom. The summed E-state index contributed by atoms with van der Waals surface area (Å²) in [6.45, 7) is -2.32. The second kappa shape index (κ2) is 7.21. The fourth-order valence-electron chi connectivity index (χ4n) is 2.63. The van der Waals surface area contributed by atoms with Crippen molar-refractivity contribution in [1.29, 1.82) is 0 Å². The summed E-state index contributed by atoms with van der Waals surface area (Å²) in [6.07, 6.45) is -12.7. The average Bonchev–Trinajstić information content (AvgIpc) is 2.80. The van der Waals surface area contributed by atoms with E-state index in [0.717, 1.165) is 0 Å². The molecule has 2 aliphatic heterocycles. The highest BCUT2D eigenvalue weighted by Gasteiger charge is 2.58.